The van der Waals surface area contributed by atoms with Gasteiger partial charge in [-0.3, -0.25) is 24.5 Å². The van der Waals surface area contributed by atoms with Gasteiger partial charge in [0.25, 0.3) is 0 Å². The highest BCUT2D eigenvalue weighted by Crippen LogP contribution is 2.27. The summed E-state index contributed by atoms with van der Waals surface area (Å²) in [4.78, 5) is 42.6. The zero-order valence-electron chi connectivity index (χ0n) is 18.5. The van der Waals surface area contributed by atoms with Crippen LogP contribution in [0.4, 0.5) is 5.69 Å². The number of nitrogens with two attached hydrogens (primary N) is 1. The van der Waals surface area contributed by atoms with Crippen LogP contribution in [0.2, 0.25) is 0 Å². The van der Waals surface area contributed by atoms with Crippen molar-refractivity contribution in [1.82, 2.24) is 20.1 Å². The molecule has 0 bridgehead atoms. The van der Waals surface area contributed by atoms with E-state index in [4.69, 9.17) is 5.73 Å². The Morgan fingerprint density at radius 2 is 2.00 bits per heavy atom. The van der Waals surface area contributed by atoms with E-state index in [0.717, 1.165) is 28.1 Å². The lowest BCUT2D eigenvalue weighted by molar-refractivity contribution is -0.145. The van der Waals surface area contributed by atoms with Crippen molar-refractivity contribution >= 4 is 35.1 Å². The first kappa shape index (κ1) is 22.9. The van der Waals surface area contributed by atoms with Crippen molar-refractivity contribution in [2.45, 2.75) is 39.7 Å². The van der Waals surface area contributed by atoms with Gasteiger partial charge in [0, 0.05) is 18.0 Å². The lowest BCUT2D eigenvalue weighted by Gasteiger charge is -2.38. The van der Waals surface area contributed by atoms with Crippen LogP contribution in [0.1, 0.15) is 44.0 Å². The van der Waals surface area contributed by atoms with E-state index in [1.165, 1.54) is 18.5 Å². The van der Waals surface area contributed by atoms with Crippen molar-refractivity contribution in [3.8, 4) is 0 Å². The minimum Gasteiger partial charge on any atom is -0.366 e. The second-order valence-electron chi connectivity index (χ2n) is 8.36. The Kier molecular flexibility index (Phi) is 6.87. The number of carbonyl (C=O) groups is 3. The Morgan fingerprint density at radius 3 is 2.69 bits per heavy atom. The number of anilines is 1. The van der Waals surface area contributed by atoms with Gasteiger partial charge in [-0.2, -0.15) is 5.10 Å². The molecule has 32 heavy (non-hydrogen) atoms. The van der Waals surface area contributed by atoms with Gasteiger partial charge in [-0.05, 0) is 50.3 Å². The van der Waals surface area contributed by atoms with Crippen molar-refractivity contribution in [3.63, 3.8) is 0 Å². The first-order chi connectivity index (χ1) is 15.2. The van der Waals surface area contributed by atoms with E-state index >= 15 is 0 Å². The van der Waals surface area contributed by atoms with Gasteiger partial charge in [0.15, 0.2) is 0 Å². The lowest BCUT2D eigenvalue weighted by Crippen LogP contribution is -2.51. The highest BCUT2D eigenvalue weighted by molar-refractivity contribution is 6.39. The summed E-state index contributed by atoms with van der Waals surface area (Å²) in [5.74, 6) is -1.88. The van der Waals surface area contributed by atoms with Crippen LogP contribution in [-0.4, -0.2) is 50.4 Å². The second-order valence-corrected chi connectivity index (χ2v) is 8.36. The van der Waals surface area contributed by atoms with Gasteiger partial charge in [-0.25, -0.2) is 0 Å². The molecule has 0 radical (unpaired) electrons. The molecule has 9 heteroatoms. The van der Waals surface area contributed by atoms with E-state index in [0.29, 0.717) is 13.0 Å². The topological polar surface area (TPSA) is 134 Å². The number of aromatic amines is 1. The number of pyridine rings is 1. The normalized spacial score (nSPS) is 18.8. The summed E-state index contributed by atoms with van der Waals surface area (Å²) in [6.07, 6.45) is 7.90. The summed E-state index contributed by atoms with van der Waals surface area (Å²) in [5, 5.41) is 11.4. The molecule has 3 rings (SSSR count). The maximum absolute atomic E-state index is 13.1. The van der Waals surface area contributed by atoms with E-state index in [1.54, 1.807) is 11.1 Å². The predicted molar refractivity (Wildman–Crippen MR) is 121 cm³/mol. The molecule has 0 aromatic carbocycles. The van der Waals surface area contributed by atoms with E-state index in [-0.39, 0.29) is 23.2 Å². The van der Waals surface area contributed by atoms with Gasteiger partial charge in [-0.15, -0.1) is 0 Å². The minimum atomic E-state index is -0.804. The average molecular weight is 437 g/mol. The number of H-pyrrole nitrogens is 1. The smallest absolute Gasteiger partial charge is 0.313 e. The third kappa shape index (κ3) is 5.11. The maximum atomic E-state index is 13.1. The first-order valence-corrected chi connectivity index (χ1v) is 10.4. The number of amides is 3. The predicted octanol–water partition coefficient (Wildman–Crippen LogP) is 0.697. The van der Waals surface area contributed by atoms with Crippen LogP contribution >= 0.6 is 0 Å². The molecule has 3 amide bonds. The molecule has 1 fully saturated rings. The number of rotatable bonds is 4. The van der Waals surface area contributed by atoms with Crippen LogP contribution in [0.3, 0.4) is 0 Å². The van der Waals surface area contributed by atoms with Crippen LogP contribution in [-0.2, 0) is 9.59 Å². The summed E-state index contributed by atoms with van der Waals surface area (Å²) >= 11 is 0. The maximum Gasteiger partial charge on any atom is 0.313 e. The number of likely N-dealkylation sites (tertiary alicyclic amines) is 1. The highest BCUT2D eigenvalue weighted by Gasteiger charge is 2.34. The molecule has 0 saturated carbocycles. The van der Waals surface area contributed by atoms with Crippen molar-refractivity contribution in [1.29, 1.82) is 0 Å². The summed E-state index contributed by atoms with van der Waals surface area (Å²) in [6, 6.07) is 1.08. The van der Waals surface area contributed by atoms with Crippen LogP contribution in [0.25, 0.3) is 11.6 Å². The van der Waals surface area contributed by atoms with Crippen molar-refractivity contribution in [2.24, 2.45) is 11.7 Å². The monoisotopic (exact) mass is 436 g/mol. The fraction of sp³-hybridized carbons (Fsp3) is 0.348. The summed E-state index contributed by atoms with van der Waals surface area (Å²) in [7, 11) is 0. The molecule has 9 nitrogen and oxygen atoms in total. The Balaban J connectivity index is 1.84. The molecule has 1 saturated heterocycles. The number of piperidine rings is 1. The van der Waals surface area contributed by atoms with E-state index in [1.807, 2.05) is 26.8 Å². The van der Waals surface area contributed by atoms with E-state index < -0.39 is 17.7 Å². The molecule has 168 valence electrons. The third-order valence-corrected chi connectivity index (χ3v) is 5.49. The number of nitrogens with zero attached hydrogens (tertiary/aromatic N) is 3. The van der Waals surface area contributed by atoms with Gasteiger partial charge >= 0.3 is 11.8 Å². The van der Waals surface area contributed by atoms with Crippen LogP contribution in [0.15, 0.2) is 36.8 Å². The van der Waals surface area contributed by atoms with Gasteiger partial charge in [0.2, 0.25) is 5.91 Å². The van der Waals surface area contributed by atoms with Crippen molar-refractivity contribution < 1.29 is 14.4 Å². The fourth-order valence-electron chi connectivity index (χ4n) is 3.82. The molecular formula is C23H28N6O3. The zero-order valence-corrected chi connectivity index (χ0v) is 18.5. The molecule has 4 N–H and O–H groups in total. The van der Waals surface area contributed by atoms with Gasteiger partial charge in [0.1, 0.15) is 0 Å². The number of nitrogens with one attached hydrogen (secondary N) is 2. The number of carbonyl (C=O) groups excluding carboxylic acids is 3. The average Bonchev–Trinajstić information content (AvgIpc) is 3.21. The molecule has 2 aromatic heterocycles. The van der Waals surface area contributed by atoms with Crippen LogP contribution in [0.5, 0.6) is 0 Å². The van der Waals surface area contributed by atoms with Crippen molar-refractivity contribution in [2.75, 3.05) is 11.9 Å². The number of hydrogen-bond acceptors (Lipinski definition) is 5. The number of aromatic nitrogens is 3. The molecule has 0 aliphatic carbocycles. The summed E-state index contributed by atoms with van der Waals surface area (Å²) in [6.45, 7) is 10.7. The molecule has 2 aromatic rings. The lowest BCUT2D eigenvalue weighted by atomic mass is 9.89. The Morgan fingerprint density at radius 1 is 1.25 bits per heavy atom. The molecule has 2 atom stereocenters. The van der Waals surface area contributed by atoms with Crippen LogP contribution in [0, 0.1) is 5.92 Å². The molecule has 1 aliphatic heterocycles. The minimum absolute atomic E-state index is 0.140. The van der Waals surface area contributed by atoms with E-state index in [2.05, 4.69) is 27.1 Å². The number of primary amides is 1. The molecule has 0 spiro atoms. The molecular weight excluding hydrogens is 408 g/mol. The van der Waals surface area contributed by atoms with E-state index in [9.17, 15) is 14.4 Å². The zero-order chi connectivity index (χ0) is 23.4. The quantitative estimate of drug-likeness (QED) is 0.607. The van der Waals surface area contributed by atoms with Crippen molar-refractivity contribution in [3.05, 3.63) is 52.9 Å². The Hall–Kier alpha value is -3.75. The summed E-state index contributed by atoms with van der Waals surface area (Å²) < 4.78 is 0. The highest BCUT2D eigenvalue weighted by atomic mass is 16.2. The van der Waals surface area contributed by atoms with Gasteiger partial charge < -0.3 is 16.0 Å². The largest absolute Gasteiger partial charge is 0.366 e. The third-order valence-electron chi connectivity index (χ3n) is 5.49. The fourth-order valence-corrected chi connectivity index (χ4v) is 3.82. The Bertz CT molecular complexity index is 1180. The standard InChI is InChI=1S/C23H28N6O3/c1-13(2)20-16(10-26-28-20)7-15(4)19-6-5-14(3)12-29(19)23(32)22(31)27-18-8-17(21(24)30)9-25-11-18/h7-11,14,19,28H,4-6,12H2,1-3H3,(H2,24,30)(H,27,31)/b16-7-/t14-,19+/m1/s1. The number of hydrogen-bond donors (Lipinski definition) is 3. The molecule has 1 aliphatic rings. The first-order valence-electron chi connectivity index (χ1n) is 10.4. The second kappa shape index (κ2) is 9.59. The molecule has 3 heterocycles. The Labute approximate surface area is 186 Å². The molecule has 0 unspecified atom stereocenters. The van der Waals surface area contributed by atoms with Gasteiger partial charge in [-0.1, -0.05) is 19.1 Å². The van der Waals surface area contributed by atoms with Crippen LogP contribution < -0.4 is 21.6 Å². The van der Waals surface area contributed by atoms with Gasteiger partial charge in [0.05, 0.1) is 35.0 Å². The SMILES string of the molecule is C=C(/C=c1/cn[nH]c1=C(C)C)[C@@H]1CC[C@@H](C)CN1C(=O)C(=O)Nc1cncc(C(N)=O)c1. The summed E-state index contributed by atoms with van der Waals surface area (Å²) in [5.41, 5.74) is 7.44.